The maximum atomic E-state index is 13.8. The summed E-state index contributed by atoms with van der Waals surface area (Å²) in [7, 11) is 0. The van der Waals surface area contributed by atoms with E-state index < -0.39 is 5.67 Å². The lowest BCUT2D eigenvalue weighted by Gasteiger charge is -2.33. The molecular formula is C22H26FN5OS. The second-order valence-corrected chi connectivity index (χ2v) is 9.70. The highest BCUT2D eigenvalue weighted by Gasteiger charge is 2.28. The van der Waals surface area contributed by atoms with Gasteiger partial charge >= 0.3 is 0 Å². The number of piperidine rings is 1. The summed E-state index contributed by atoms with van der Waals surface area (Å²) in [5.41, 5.74) is -0.212. The average molecular weight is 428 g/mol. The van der Waals surface area contributed by atoms with Crippen LogP contribution in [-0.2, 0) is 4.79 Å². The molecule has 6 nitrogen and oxygen atoms in total. The zero-order valence-corrected chi connectivity index (χ0v) is 18.3. The van der Waals surface area contributed by atoms with Gasteiger partial charge in [-0.2, -0.15) is 0 Å². The number of hydrogen-bond donors (Lipinski definition) is 1. The molecule has 1 aliphatic heterocycles. The molecule has 4 rings (SSSR count). The smallest absolute Gasteiger partial charge is 0.228 e. The SMILES string of the molecule is Cc1nnc(-c2ccc3cnc(NC(=O)C4CCN(CC(C)(C)F)CC4)cc3c2)s1. The first-order valence-electron chi connectivity index (χ1n) is 10.2. The number of nitrogens with zero attached hydrogens (tertiary/aromatic N) is 4. The quantitative estimate of drug-likeness (QED) is 0.651. The topological polar surface area (TPSA) is 71.0 Å². The Balaban J connectivity index is 1.43. The van der Waals surface area contributed by atoms with Crippen molar-refractivity contribution in [2.24, 2.45) is 5.92 Å². The van der Waals surface area contributed by atoms with Gasteiger partial charge in [-0.05, 0) is 64.2 Å². The van der Waals surface area contributed by atoms with E-state index in [0.29, 0.717) is 12.4 Å². The van der Waals surface area contributed by atoms with Crippen LogP contribution in [0.2, 0.25) is 0 Å². The maximum absolute atomic E-state index is 13.8. The van der Waals surface area contributed by atoms with Crippen LogP contribution in [0, 0.1) is 12.8 Å². The maximum Gasteiger partial charge on any atom is 0.228 e. The second-order valence-electron chi connectivity index (χ2n) is 8.52. The zero-order valence-electron chi connectivity index (χ0n) is 17.5. The first-order chi connectivity index (χ1) is 14.3. The van der Waals surface area contributed by atoms with E-state index in [1.165, 1.54) is 0 Å². The van der Waals surface area contributed by atoms with Gasteiger partial charge in [0, 0.05) is 29.6 Å². The third kappa shape index (κ3) is 4.99. The molecule has 0 bridgehead atoms. The van der Waals surface area contributed by atoms with Crippen molar-refractivity contribution in [1.82, 2.24) is 20.1 Å². The lowest BCUT2D eigenvalue weighted by molar-refractivity contribution is -0.121. The number of likely N-dealkylation sites (tertiary alicyclic amines) is 1. The van der Waals surface area contributed by atoms with Crippen LogP contribution in [0.15, 0.2) is 30.5 Å². The third-order valence-corrected chi connectivity index (χ3v) is 6.19. The number of rotatable bonds is 5. The van der Waals surface area contributed by atoms with Gasteiger partial charge in [0.1, 0.15) is 21.5 Å². The number of halogens is 1. The molecule has 2 aromatic heterocycles. The summed E-state index contributed by atoms with van der Waals surface area (Å²) >= 11 is 1.55. The van der Waals surface area contributed by atoms with Crippen LogP contribution in [0.4, 0.5) is 10.2 Å². The van der Waals surface area contributed by atoms with Crippen molar-refractivity contribution in [2.75, 3.05) is 25.0 Å². The Hall–Kier alpha value is -2.45. The highest BCUT2D eigenvalue weighted by atomic mass is 32.1. The molecule has 1 fully saturated rings. The van der Waals surface area contributed by atoms with Crippen LogP contribution < -0.4 is 5.32 Å². The van der Waals surface area contributed by atoms with Crippen molar-refractivity contribution >= 4 is 33.8 Å². The summed E-state index contributed by atoms with van der Waals surface area (Å²) in [6, 6.07) is 7.95. The monoisotopic (exact) mass is 427 g/mol. The van der Waals surface area contributed by atoms with Gasteiger partial charge in [-0.1, -0.05) is 23.5 Å². The van der Waals surface area contributed by atoms with Crippen LogP contribution in [0.1, 0.15) is 31.7 Å². The molecule has 1 saturated heterocycles. The number of aryl methyl sites for hydroxylation is 1. The minimum atomic E-state index is -1.21. The van der Waals surface area contributed by atoms with Gasteiger partial charge in [0.2, 0.25) is 5.91 Å². The fourth-order valence-corrected chi connectivity index (χ4v) is 4.56. The van der Waals surface area contributed by atoms with Crippen molar-refractivity contribution in [1.29, 1.82) is 0 Å². The number of benzene rings is 1. The number of amides is 1. The summed E-state index contributed by atoms with van der Waals surface area (Å²) in [6.07, 6.45) is 3.23. The molecule has 30 heavy (non-hydrogen) atoms. The normalized spacial score (nSPS) is 16.1. The number of nitrogens with one attached hydrogen (secondary N) is 1. The Morgan fingerprint density at radius 1 is 1.23 bits per heavy atom. The van der Waals surface area contributed by atoms with Crippen LogP contribution in [0.25, 0.3) is 21.3 Å². The first-order valence-corrected chi connectivity index (χ1v) is 11.0. The number of anilines is 1. The number of fused-ring (bicyclic) bond motifs is 1. The molecule has 158 valence electrons. The standard InChI is InChI=1S/C22H26FN5OS/c1-14-26-27-21(30-14)16-4-5-17-12-24-19(11-18(17)10-16)25-20(29)15-6-8-28(9-7-15)13-22(2,3)23/h4-5,10-12,15H,6-9,13H2,1-3H3,(H,24,25,29). The van der Waals surface area contributed by atoms with Gasteiger partial charge in [-0.15, -0.1) is 10.2 Å². The van der Waals surface area contributed by atoms with E-state index in [9.17, 15) is 9.18 Å². The fourth-order valence-electron chi connectivity index (χ4n) is 3.87. The van der Waals surface area contributed by atoms with Gasteiger partial charge in [0.25, 0.3) is 0 Å². The van der Waals surface area contributed by atoms with Crippen LogP contribution in [0.5, 0.6) is 0 Å². The van der Waals surface area contributed by atoms with E-state index in [1.54, 1.807) is 31.4 Å². The van der Waals surface area contributed by atoms with Crippen LogP contribution in [-0.4, -0.2) is 51.3 Å². The van der Waals surface area contributed by atoms with Gasteiger partial charge in [0.05, 0.1) is 0 Å². The molecule has 0 unspecified atom stereocenters. The zero-order chi connectivity index (χ0) is 21.3. The van der Waals surface area contributed by atoms with E-state index in [2.05, 4.69) is 25.4 Å². The van der Waals surface area contributed by atoms with E-state index in [4.69, 9.17) is 0 Å². The minimum Gasteiger partial charge on any atom is -0.310 e. The fraction of sp³-hybridized carbons (Fsp3) is 0.455. The van der Waals surface area contributed by atoms with E-state index in [0.717, 1.165) is 52.3 Å². The van der Waals surface area contributed by atoms with E-state index in [1.807, 2.05) is 31.2 Å². The number of carbonyl (C=O) groups is 1. The lowest BCUT2D eigenvalue weighted by Crippen LogP contribution is -2.43. The van der Waals surface area contributed by atoms with E-state index >= 15 is 0 Å². The summed E-state index contributed by atoms with van der Waals surface area (Å²) < 4.78 is 13.8. The molecular weight excluding hydrogens is 401 g/mol. The highest BCUT2D eigenvalue weighted by Crippen LogP contribution is 2.28. The molecule has 3 heterocycles. The molecule has 0 aliphatic carbocycles. The van der Waals surface area contributed by atoms with Crippen LogP contribution in [0.3, 0.4) is 0 Å². The number of hydrogen-bond acceptors (Lipinski definition) is 6. The predicted octanol–water partition coefficient (Wildman–Crippen LogP) is 4.46. The number of aromatic nitrogens is 3. The Bertz CT molecular complexity index is 1050. The second kappa shape index (κ2) is 8.35. The Morgan fingerprint density at radius 2 is 2.00 bits per heavy atom. The molecule has 0 atom stereocenters. The van der Waals surface area contributed by atoms with Crippen LogP contribution >= 0.6 is 11.3 Å². The third-order valence-electron chi connectivity index (χ3n) is 5.30. The predicted molar refractivity (Wildman–Crippen MR) is 118 cm³/mol. The number of alkyl halides is 1. The lowest BCUT2D eigenvalue weighted by atomic mass is 9.95. The summed E-state index contributed by atoms with van der Waals surface area (Å²) in [4.78, 5) is 19.2. The van der Waals surface area contributed by atoms with Gasteiger partial charge in [-0.3, -0.25) is 4.79 Å². The van der Waals surface area contributed by atoms with Gasteiger partial charge in [-0.25, -0.2) is 9.37 Å². The van der Waals surface area contributed by atoms with Crippen molar-refractivity contribution in [2.45, 2.75) is 39.3 Å². The average Bonchev–Trinajstić information content (AvgIpc) is 3.13. The largest absolute Gasteiger partial charge is 0.310 e. The molecule has 1 aromatic carbocycles. The highest BCUT2D eigenvalue weighted by molar-refractivity contribution is 7.14. The Kier molecular flexibility index (Phi) is 5.79. The Morgan fingerprint density at radius 3 is 2.67 bits per heavy atom. The van der Waals surface area contributed by atoms with Crippen molar-refractivity contribution in [3.8, 4) is 10.6 Å². The molecule has 1 N–H and O–H groups in total. The first kappa shape index (κ1) is 20.8. The van der Waals surface area contributed by atoms with Crippen molar-refractivity contribution in [3.63, 3.8) is 0 Å². The minimum absolute atomic E-state index is 0.0167. The molecule has 8 heteroatoms. The number of carbonyl (C=O) groups excluding carboxylic acids is 1. The van der Waals surface area contributed by atoms with E-state index in [-0.39, 0.29) is 11.8 Å². The van der Waals surface area contributed by atoms with Gasteiger partial charge in [0.15, 0.2) is 0 Å². The summed E-state index contributed by atoms with van der Waals surface area (Å²) in [5, 5.41) is 15.0. The summed E-state index contributed by atoms with van der Waals surface area (Å²) in [5.74, 6) is 0.458. The Labute approximate surface area is 179 Å². The molecule has 0 saturated carbocycles. The van der Waals surface area contributed by atoms with Gasteiger partial charge < -0.3 is 10.2 Å². The molecule has 1 amide bonds. The molecule has 1 aliphatic rings. The van der Waals surface area contributed by atoms with Crippen molar-refractivity contribution < 1.29 is 9.18 Å². The molecule has 3 aromatic rings. The molecule has 0 radical (unpaired) electrons. The molecule has 0 spiro atoms. The number of pyridine rings is 1. The summed E-state index contributed by atoms with van der Waals surface area (Å²) in [6.45, 7) is 7.00. The van der Waals surface area contributed by atoms with Crippen molar-refractivity contribution in [3.05, 3.63) is 35.5 Å².